The van der Waals surface area contributed by atoms with Crippen LogP contribution in [0.4, 0.5) is 0 Å². The molecule has 1 saturated carbocycles. The smallest absolute Gasteiger partial charge is 0.303 e. The summed E-state index contributed by atoms with van der Waals surface area (Å²) in [5, 5.41) is 9.00. The Balaban J connectivity index is 2.19. The summed E-state index contributed by atoms with van der Waals surface area (Å²) < 4.78 is 6.11. The molecule has 1 aromatic rings. The van der Waals surface area contributed by atoms with Gasteiger partial charge >= 0.3 is 5.97 Å². The van der Waals surface area contributed by atoms with Crippen molar-refractivity contribution in [2.24, 2.45) is 5.92 Å². The Morgan fingerprint density at radius 2 is 2.28 bits per heavy atom. The highest BCUT2D eigenvalue weighted by Gasteiger charge is 2.33. The minimum Gasteiger partial charge on any atom is -0.481 e. The van der Waals surface area contributed by atoms with Crippen molar-refractivity contribution in [1.29, 1.82) is 0 Å². The molecule has 4 heteroatoms. The van der Waals surface area contributed by atoms with Crippen LogP contribution in [0.3, 0.4) is 0 Å². The molecule has 0 bridgehead atoms. The quantitative estimate of drug-likeness (QED) is 0.873. The first-order valence-electron chi connectivity index (χ1n) is 6.11. The van der Waals surface area contributed by atoms with Crippen LogP contribution in [0.5, 0.6) is 0 Å². The lowest BCUT2D eigenvalue weighted by Crippen LogP contribution is -2.08. The molecule has 0 heterocycles. The van der Waals surface area contributed by atoms with Crippen LogP contribution in [0.1, 0.15) is 36.3 Å². The fourth-order valence-electron chi connectivity index (χ4n) is 2.31. The van der Waals surface area contributed by atoms with E-state index in [1.54, 1.807) is 7.11 Å². The summed E-state index contributed by atoms with van der Waals surface area (Å²) in [5.41, 5.74) is 2.21. The molecule has 98 valence electrons. The highest BCUT2D eigenvalue weighted by Crippen LogP contribution is 2.45. The number of rotatable bonds is 6. The van der Waals surface area contributed by atoms with E-state index in [9.17, 15) is 4.79 Å². The molecule has 0 aliphatic heterocycles. The van der Waals surface area contributed by atoms with Gasteiger partial charge in [-0.05, 0) is 41.9 Å². The van der Waals surface area contributed by atoms with E-state index in [1.165, 1.54) is 0 Å². The number of aliphatic carboxylic acids is 1. The van der Waals surface area contributed by atoms with Crippen LogP contribution in [0.25, 0.3) is 0 Å². The maximum Gasteiger partial charge on any atom is 0.303 e. The third kappa shape index (κ3) is 3.33. The molecule has 2 rings (SSSR count). The van der Waals surface area contributed by atoms with Crippen molar-refractivity contribution in [2.45, 2.75) is 31.8 Å². The zero-order valence-corrected chi connectivity index (χ0v) is 11.9. The SMILES string of the molecule is COCc1ccc(C(CC(=O)O)C2CC2)cc1Br. The summed E-state index contributed by atoms with van der Waals surface area (Å²) in [7, 11) is 1.66. The lowest BCUT2D eigenvalue weighted by atomic mass is 9.90. The number of ether oxygens (including phenoxy) is 1. The summed E-state index contributed by atoms with van der Waals surface area (Å²) in [4.78, 5) is 10.9. The summed E-state index contributed by atoms with van der Waals surface area (Å²) in [5.74, 6) is -0.0272. The molecular weight excluding hydrogens is 296 g/mol. The molecule has 1 aliphatic rings. The largest absolute Gasteiger partial charge is 0.481 e. The minimum absolute atomic E-state index is 0.149. The van der Waals surface area contributed by atoms with Crippen LogP contribution in [-0.4, -0.2) is 18.2 Å². The fraction of sp³-hybridized carbons (Fsp3) is 0.500. The van der Waals surface area contributed by atoms with Gasteiger partial charge in [0.1, 0.15) is 0 Å². The number of hydrogen-bond acceptors (Lipinski definition) is 2. The van der Waals surface area contributed by atoms with Crippen molar-refractivity contribution >= 4 is 21.9 Å². The van der Waals surface area contributed by atoms with Crippen LogP contribution in [0.15, 0.2) is 22.7 Å². The Hall–Kier alpha value is -0.870. The Kier molecular flexibility index (Phi) is 4.40. The Morgan fingerprint density at radius 1 is 1.56 bits per heavy atom. The van der Waals surface area contributed by atoms with Gasteiger partial charge in [0.15, 0.2) is 0 Å². The second kappa shape index (κ2) is 5.85. The van der Waals surface area contributed by atoms with E-state index in [0.29, 0.717) is 12.5 Å². The van der Waals surface area contributed by atoms with Gasteiger partial charge in [0.2, 0.25) is 0 Å². The lowest BCUT2D eigenvalue weighted by molar-refractivity contribution is -0.137. The average molecular weight is 313 g/mol. The molecular formula is C14H17BrO3. The summed E-state index contributed by atoms with van der Waals surface area (Å²) in [6.45, 7) is 0.563. The van der Waals surface area contributed by atoms with Crippen molar-refractivity contribution in [3.05, 3.63) is 33.8 Å². The van der Waals surface area contributed by atoms with E-state index in [1.807, 2.05) is 18.2 Å². The molecule has 0 amide bonds. The van der Waals surface area contributed by atoms with Crippen molar-refractivity contribution in [2.75, 3.05) is 7.11 Å². The van der Waals surface area contributed by atoms with Gasteiger partial charge in [0, 0.05) is 11.6 Å². The first kappa shape index (κ1) is 13.6. The molecule has 1 fully saturated rings. The molecule has 0 aromatic heterocycles. The average Bonchev–Trinajstić information content (AvgIpc) is 3.13. The van der Waals surface area contributed by atoms with Crippen LogP contribution in [0.2, 0.25) is 0 Å². The number of carboxylic acids is 1. The molecule has 0 spiro atoms. The van der Waals surface area contributed by atoms with Gasteiger partial charge in [0.25, 0.3) is 0 Å². The second-order valence-corrected chi connectivity index (χ2v) is 5.68. The van der Waals surface area contributed by atoms with E-state index in [2.05, 4.69) is 15.9 Å². The molecule has 1 unspecified atom stereocenters. The summed E-state index contributed by atoms with van der Waals surface area (Å²) in [6.07, 6.45) is 2.52. The number of hydrogen-bond donors (Lipinski definition) is 1. The Morgan fingerprint density at radius 3 is 2.78 bits per heavy atom. The van der Waals surface area contributed by atoms with E-state index in [4.69, 9.17) is 9.84 Å². The number of halogens is 1. The maximum atomic E-state index is 10.9. The Bertz CT molecular complexity index is 441. The van der Waals surface area contributed by atoms with Crippen LogP contribution in [0, 0.1) is 5.92 Å². The van der Waals surface area contributed by atoms with Gasteiger partial charge in [-0.2, -0.15) is 0 Å². The molecule has 3 nitrogen and oxygen atoms in total. The van der Waals surface area contributed by atoms with Crippen LogP contribution >= 0.6 is 15.9 Å². The van der Waals surface area contributed by atoms with E-state index >= 15 is 0 Å². The highest BCUT2D eigenvalue weighted by atomic mass is 79.9. The predicted octanol–water partition coefficient (Wildman–Crippen LogP) is 3.56. The van der Waals surface area contributed by atoms with Gasteiger partial charge in [-0.15, -0.1) is 0 Å². The van der Waals surface area contributed by atoms with E-state index < -0.39 is 5.97 Å². The number of benzene rings is 1. The first-order chi connectivity index (χ1) is 8.61. The number of methoxy groups -OCH3 is 1. The van der Waals surface area contributed by atoms with Gasteiger partial charge in [-0.3, -0.25) is 4.79 Å². The highest BCUT2D eigenvalue weighted by molar-refractivity contribution is 9.10. The summed E-state index contributed by atoms with van der Waals surface area (Å²) in [6, 6.07) is 6.09. The third-order valence-corrected chi connectivity index (χ3v) is 4.13. The van der Waals surface area contributed by atoms with Crippen molar-refractivity contribution in [1.82, 2.24) is 0 Å². The van der Waals surface area contributed by atoms with Crippen molar-refractivity contribution in [3.63, 3.8) is 0 Å². The van der Waals surface area contributed by atoms with E-state index in [-0.39, 0.29) is 12.3 Å². The van der Waals surface area contributed by atoms with E-state index in [0.717, 1.165) is 28.4 Å². The predicted molar refractivity (Wildman–Crippen MR) is 72.6 cm³/mol. The van der Waals surface area contributed by atoms with Crippen LogP contribution in [-0.2, 0) is 16.1 Å². The zero-order chi connectivity index (χ0) is 13.1. The number of carbonyl (C=O) groups is 1. The molecule has 18 heavy (non-hydrogen) atoms. The second-order valence-electron chi connectivity index (χ2n) is 4.83. The molecule has 1 N–H and O–H groups in total. The molecule has 1 aliphatic carbocycles. The fourth-order valence-corrected chi connectivity index (χ4v) is 2.82. The third-order valence-electron chi connectivity index (χ3n) is 3.39. The van der Waals surface area contributed by atoms with Gasteiger partial charge in [0.05, 0.1) is 13.0 Å². The summed E-state index contributed by atoms with van der Waals surface area (Å²) >= 11 is 3.52. The standard InChI is InChI=1S/C14H17BrO3/c1-18-8-11-5-4-10(6-13(11)15)12(7-14(16)17)9-2-3-9/h4-6,9,12H,2-3,7-8H2,1H3,(H,16,17). The Labute approximate surface area is 115 Å². The van der Waals surface area contributed by atoms with Gasteiger partial charge in [-0.1, -0.05) is 28.1 Å². The topological polar surface area (TPSA) is 46.5 Å². The molecule has 1 aromatic carbocycles. The first-order valence-corrected chi connectivity index (χ1v) is 6.90. The molecule has 0 saturated heterocycles. The lowest BCUT2D eigenvalue weighted by Gasteiger charge is -2.16. The zero-order valence-electron chi connectivity index (χ0n) is 10.4. The molecule has 0 radical (unpaired) electrons. The van der Waals surface area contributed by atoms with Crippen molar-refractivity contribution in [3.8, 4) is 0 Å². The van der Waals surface area contributed by atoms with Crippen LogP contribution < -0.4 is 0 Å². The monoisotopic (exact) mass is 312 g/mol. The normalized spacial score (nSPS) is 16.6. The van der Waals surface area contributed by atoms with Gasteiger partial charge in [-0.25, -0.2) is 0 Å². The molecule has 1 atom stereocenters. The number of carboxylic acid groups (broad SMARTS) is 1. The van der Waals surface area contributed by atoms with Gasteiger partial charge < -0.3 is 9.84 Å². The maximum absolute atomic E-state index is 10.9. The van der Waals surface area contributed by atoms with Crippen molar-refractivity contribution < 1.29 is 14.6 Å². The minimum atomic E-state index is -0.719.